The summed E-state index contributed by atoms with van der Waals surface area (Å²) in [5, 5.41) is 11.8. The number of rotatable bonds is 6. The molecular weight excluding hydrogens is 378 g/mol. The van der Waals surface area contributed by atoms with Crippen molar-refractivity contribution in [3.05, 3.63) is 10.4 Å². The Morgan fingerprint density at radius 1 is 1.35 bits per heavy atom. The van der Waals surface area contributed by atoms with Gasteiger partial charge < -0.3 is 19.3 Å². The molecule has 1 aliphatic heterocycles. The largest absolute Gasteiger partial charge is 0.481 e. The lowest BCUT2D eigenvalue weighted by Gasteiger charge is -2.42. The number of carbonyl (C=O) groups is 3. The van der Waals surface area contributed by atoms with Gasteiger partial charge in [-0.15, -0.1) is 0 Å². The zero-order valence-corrected chi connectivity index (χ0v) is 14.0. The molecule has 0 aromatic carbocycles. The van der Waals surface area contributed by atoms with Crippen LogP contribution in [0.15, 0.2) is 5.11 Å². The van der Waals surface area contributed by atoms with Crippen molar-refractivity contribution >= 4 is 33.8 Å². The van der Waals surface area contributed by atoms with E-state index >= 15 is 0 Å². The Hall–Kier alpha value is -1.84. The average molecular weight is 394 g/mol. The Morgan fingerprint density at radius 3 is 2.48 bits per heavy atom. The highest BCUT2D eigenvalue weighted by Crippen LogP contribution is 2.35. The number of aliphatic carboxylic acids is 1. The number of carbonyl (C=O) groups excluding carboxylic acids is 2. The molecule has 10 nitrogen and oxygen atoms in total. The molecule has 0 aromatic heterocycles. The predicted molar refractivity (Wildman–Crippen MR) is 78.5 cm³/mol. The molecule has 0 bridgehead atoms. The Balaban J connectivity index is 3.11. The van der Waals surface area contributed by atoms with E-state index in [1.807, 2.05) is 0 Å². The number of ether oxygens (including phenoxy) is 3. The molecule has 1 heterocycles. The van der Waals surface area contributed by atoms with E-state index in [1.165, 1.54) is 6.92 Å². The van der Waals surface area contributed by atoms with Gasteiger partial charge in [-0.1, -0.05) is 21.0 Å². The molecule has 0 aliphatic carbocycles. The monoisotopic (exact) mass is 393 g/mol. The maximum Gasteiger partial charge on any atom is 0.303 e. The second-order valence-electron chi connectivity index (χ2n) is 4.86. The minimum atomic E-state index is -1.15. The molecular formula is C12H16BrN3O7. The second kappa shape index (κ2) is 8.70. The molecule has 0 amide bonds. The summed E-state index contributed by atoms with van der Waals surface area (Å²) in [5.74, 6) is -3.22. The van der Waals surface area contributed by atoms with Crippen molar-refractivity contribution in [3.63, 3.8) is 0 Å². The Morgan fingerprint density at radius 2 is 2.00 bits per heavy atom. The van der Waals surface area contributed by atoms with Crippen molar-refractivity contribution in [2.75, 3.05) is 6.61 Å². The van der Waals surface area contributed by atoms with Gasteiger partial charge in [0.25, 0.3) is 0 Å². The SMILES string of the molecule is CC(=O)OCC1OC(Br)C(N=[N+]=[N-])C(CC(=O)O)C1OC(C)=O. The number of alkyl halides is 1. The van der Waals surface area contributed by atoms with Gasteiger partial charge >= 0.3 is 17.9 Å². The van der Waals surface area contributed by atoms with E-state index in [1.54, 1.807) is 0 Å². The summed E-state index contributed by atoms with van der Waals surface area (Å²) >= 11 is 3.17. The summed E-state index contributed by atoms with van der Waals surface area (Å²) < 4.78 is 15.5. The van der Waals surface area contributed by atoms with E-state index in [4.69, 9.17) is 24.8 Å². The third-order valence-electron chi connectivity index (χ3n) is 3.15. The highest BCUT2D eigenvalue weighted by atomic mass is 79.9. The third-order valence-corrected chi connectivity index (χ3v) is 3.91. The van der Waals surface area contributed by atoms with E-state index in [0.717, 1.165) is 6.92 Å². The number of carboxylic acids is 1. The number of nitrogens with zero attached hydrogens (tertiary/aromatic N) is 3. The van der Waals surface area contributed by atoms with Gasteiger partial charge in [0.1, 0.15) is 23.8 Å². The summed E-state index contributed by atoms with van der Waals surface area (Å²) in [6.45, 7) is 2.13. The summed E-state index contributed by atoms with van der Waals surface area (Å²) in [4.78, 5) is 36.1. The van der Waals surface area contributed by atoms with Crippen LogP contribution in [-0.2, 0) is 28.6 Å². The third kappa shape index (κ3) is 5.70. The molecule has 0 aromatic rings. The summed E-state index contributed by atoms with van der Waals surface area (Å²) in [6, 6.07) is -0.908. The molecule has 0 saturated carbocycles. The molecule has 0 radical (unpaired) electrons. The molecule has 5 atom stereocenters. The minimum Gasteiger partial charge on any atom is -0.481 e. The van der Waals surface area contributed by atoms with E-state index in [2.05, 4.69) is 26.0 Å². The normalized spacial score (nSPS) is 30.0. The Kier molecular flexibility index (Phi) is 7.27. The van der Waals surface area contributed by atoms with Gasteiger partial charge in [-0.25, -0.2) is 0 Å². The van der Waals surface area contributed by atoms with E-state index in [9.17, 15) is 14.4 Å². The van der Waals surface area contributed by atoms with E-state index in [-0.39, 0.29) is 6.61 Å². The highest BCUT2D eigenvalue weighted by molar-refractivity contribution is 9.09. The standard InChI is InChI=1S/C12H16BrN3O7/c1-5(17)21-4-8-11(22-6(2)18)7(3-9(19)20)10(15-16-14)12(13)23-8/h7-8,10-12H,3-4H2,1-2H3,(H,19,20). The van der Waals surface area contributed by atoms with Gasteiger partial charge in [-0.05, 0) is 5.53 Å². The van der Waals surface area contributed by atoms with Gasteiger partial charge in [-0.3, -0.25) is 14.4 Å². The van der Waals surface area contributed by atoms with Crippen molar-refractivity contribution in [2.45, 2.75) is 43.5 Å². The molecule has 0 spiro atoms. The summed E-state index contributed by atoms with van der Waals surface area (Å²) in [7, 11) is 0. The fourth-order valence-electron chi connectivity index (χ4n) is 2.31. The number of hydrogen-bond acceptors (Lipinski definition) is 7. The van der Waals surface area contributed by atoms with Gasteiger partial charge in [0, 0.05) is 24.7 Å². The molecule has 23 heavy (non-hydrogen) atoms. The molecule has 1 fully saturated rings. The second-order valence-corrected chi connectivity index (χ2v) is 5.76. The molecule has 11 heteroatoms. The fourth-order valence-corrected chi connectivity index (χ4v) is 3.09. The van der Waals surface area contributed by atoms with E-state index < -0.39 is 53.5 Å². The summed E-state index contributed by atoms with van der Waals surface area (Å²) in [5.41, 5.74) is 8.66. The van der Waals surface area contributed by atoms with Crippen LogP contribution in [0.25, 0.3) is 10.4 Å². The van der Waals surface area contributed by atoms with Crippen LogP contribution >= 0.6 is 15.9 Å². The van der Waals surface area contributed by atoms with Gasteiger partial charge in [0.05, 0.1) is 12.5 Å². The van der Waals surface area contributed by atoms with Crippen LogP contribution in [0.4, 0.5) is 0 Å². The van der Waals surface area contributed by atoms with Gasteiger partial charge in [0.15, 0.2) is 0 Å². The summed E-state index contributed by atoms with van der Waals surface area (Å²) in [6.07, 6.45) is -2.34. The van der Waals surface area contributed by atoms with Crippen LogP contribution < -0.4 is 0 Å². The maximum absolute atomic E-state index is 11.3. The first-order valence-corrected chi connectivity index (χ1v) is 7.54. The van der Waals surface area contributed by atoms with Crippen molar-refractivity contribution in [1.29, 1.82) is 0 Å². The first-order valence-electron chi connectivity index (χ1n) is 6.62. The van der Waals surface area contributed by atoms with E-state index in [0.29, 0.717) is 0 Å². The topological polar surface area (TPSA) is 148 Å². The first kappa shape index (κ1) is 19.2. The van der Waals surface area contributed by atoms with Crippen LogP contribution in [0.2, 0.25) is 0 Å². The zero-order chi connectivity index (χ0) is 17.6. The smallest absolute Gasteiger partial charge is 0.303 e. The van der Waals surface area contributed by atoms with Crippen molar-refractivity contribution in [3.8, 4) is 0 Å². The average Bonchev–Trinajstić information content (AvgIpc) is 2.42. The lowest BCUT2D eigenvalue weighted by molar-refractivity contribution is -0.188. The minimum absolute atomic E-state index is 0.228. The highest BCUT2D eigenvalue weighted by Gasteiger charge is 2.47. The van der Waals surface area contributed by atoms with Crippen molar-refractivity contribution in [2.24, 2.45) is 11.0 Å². The number of esters is 2. The van der Waals surface area contributed by atoms with Crippen LogP contribution in [0.5, 0.6) is 0 Å². The predicted octanol–water partition coefficient (Wildman–Crippen LogP) is 1.37. The maximum atomic E-state index is 11.3. The number of halogens is 1. The molecule has 5 unspecified atom stereocenters. The van der Waals surface area contributed by atoms with Gasteiger partial charge in [0.2, 0.25) is 0 Å². The number of carboxylic acid groups (broad SMARTS) is 1. The molecule has 1 rings (SSSR count). The molecule has 1 aliphatic rings. The van der Waals surface area contributed by atoms with Crippen molar-refractivity contribution in [1.82, 2.24) is 0 Å². The van der Waals surface area contributed by atoms with Crippen molar-refractivity contribution < 1.29 is 33.7 Å². The zero-order valence-electron chi connectivity index (χ0n) is 12.4. The number of azide groups is 1. The van der Waals surface area contributed by atoms with Crippen LogP contribution in [0, 0.1) is 5.92 Å². The first-order chi connectivity index (χ1) is 10.8. The Labute approximate surface area is 139 Å². The molecule has 1 N–H and O–H groups in total. The number of hydrogen-bond donors (Lipinski definition) is 1. The lowest BCUT2D eigenvalue weighted by atomic mass is 9.85. The van der Waals surface area contributed by atoms with Crippen LogP contribution in [0.3, 0.4) is 0 Å². The van der Waals surface area contributed by atoms with Crippen LogP contribution in [-0.4, -0.2) is 52.9 Å². The quantitative estimate of drug-likeness (QED) is 0.235. The molecule has 128 valence electrons. The Bertz CT molecular complexity index is 523. The lowest BCUT2D eigenvalue weighted by Crippen LogP contribution is -2.55. The fraction of sp³-hybridized carbons (Fsp3) is 0.750. The van der Waals surface area contributed by atoms with Crippen LogP contribution in [0.1, 0.15) is 20.3 Å². The molecule has 1 saturated heterocycles. The van der Waals surface area contributed by atoms with Gasteiger partial charge in [-0.2, -0.15) is 0 Å².